The fourth-order valence-corrected chi connectivity index (χ4v) is 2.13. The maximum Gasteiger partial charge on any atom is 0.191 e. The molecule has 0 unspecified atom stereocenters. The Morgan fingerprint density at radius 1 is 1.12 bits per heavy atom. The Hall–Kier alpha value is -1.84. The molecule has 8 heteroatoms. The van der Waals surface area contributed by atoms with Gasteiger partial charge in [0.05, 0.1) is 6.54 Å². The van der Waals surface area contributed by atoms with Crippen LogP contribution in [0.1, 0.15) is 19.8 Å². The highest BCUT2D eigenvalue weighted by atomic mass is 127. The number of aliphatic imine (C=N–C) groups is 1. The van der Waals surface area contributed by atoms with Crippen LogP contribution in [0.4, 0.5) is 0 Å². The monoisotopic (exact) mass is 458 g/mol. The molecule has 2 aromatic rings. The molecular formula is C17H27IN6O. The summed E-state index contributed by atoms with van der Waals surface area (Å²) >= 11 is 0. The van der Waals surface area contributed by atoms with Crippen molar-refractivity contribution in [2.24, 2.45) is 4.99 Å². The standard InChI is InChI=1S/C17H26N6O.HI/c1-2-18-17(19-10-6-7-12-23-14-21-22-15-23)20-11-13-24-16-8-4-3-5-9-16;/h3-5,8-9,14-15H,2,6-7,10-13H2,1H3,(H2,18,19,20);1H. The van der Waals surface area contributed by atoms with Gasteiger partial charge in [-0.2, -0.15) is 0 Å². The lowest BCUT2D eigenvalue weighted by Crippen LogP contribution is -2.39. The van der Waals surface area contributed by atoms with Crippen LogP contribution in [-0.4, -0.2) is 47.0 Å². The third-order valence-electron chi connectivity index (χ3n) is 3.31. The molecule has 0 aliphatic carbocycles. The number of hydrogen-bond acceptors (Lipinski definition) is 4. The molecule has 7 nitrogen and oxygen atoms in total. The van der Waals surface area contributed by atoms with Crippen LogP contribution < -0.4 is 15.4 Å². The summed E-state index contributed by atoms with van der Waals surface area (Å²) in [7, 11) is 0. The number of unbranched alkanes of at least 4 members (excludes halogenated alkanes) is 1. The van der Waals surface area contributed by atoms with E-state index in [0.717, 1.165) is 44.2 Å². The van der Waals surface area contributed by atoms with Gasteiger partial charge >= 0.3 is 0 Å². The lowest BCUT2D eigenvalue weighted by atomic mass is 10.3. The molecule has 0 fully saturated rings. The molecule has 0 saturated carbocycles. The lowest BCUT2D eigenvalue weighted by molar-refractivity contribution is 0.322. The largest absolute Gasteiger partial charge is 0.492 e. The average molecular weight is 458 g/mol. The number of nitrogens with zero attached hydrogens (tertiary/aromatic N) is 4. The van der Waals surface area contributed by atoms with E-state index in [1.165, 1.54) is 0 Å². The van der Waals surface area contributed by atoms with Gasteiger partial charge in [-0.15, -0.1) is 34.2 Å². The first kappa shape index (κ1) is 21.2. The minimum atomic E-state index is 0. The van der Waals surface area contributed by atoms with Crippen LogP contribution in [0.25, 0.3) is 0 Å². The van der Waals surface area contributed by atoms with Gasteiger partial charge in [0.15, 0.2) is 5.96 Å². The summed E-state index contributed by atoms with van der Waals surface area (Å²) in [4.78, 5) is 4.58. The molecule has 1 aromatic heterocycles. The second-order valence-electron chi connectivity index (χ2n) is 5.26. The van der Waals surface area contributed by atoms with E-state index >= 15 is 0 Å². The summed E-state index contributed by atoms with van der Waals surface area (Å²) in [6.45, 7) is 5.92. The van der Waals surface area contributed by atoms with Gasteiger partial charge in [0.2, 0.25) is 0 Å². The first-order chi connectivity index (χ1) is 11.9. The number of nitrogens with one attached hydrogen (secondary N) is 2. The highest BCUT2D eigenvalue weighted by Gasteiger charge is 1.98. The molecule has 2 N–H and O–H groups in total. The fourth-order valence-electron chi connectivity index (χ4n) is 2.13. The van der Waals surface area contributed by atoms with E-state index in [4.69, 9.17) is 4.74 Å². The SMILES string of the molecule is CCNC(=NCCCCn1cnnc1)NCCOc1ccccc1.I. The van der Waals surface area contributed by atoms with E-state index in [9.17, 15) is 0 Å². The van der Waals surface area contributed by atoms with Crippen LogP contribution in [0.15, 0.2) is 48.0 Å². The van der Waals surface area contributed by atoms with Gasteiger partial charge in [-0.3, -0.25) is 4.99 Å². The van der Waals surface area contributed by atoms with Crippen molar-refractivity contribution in [2.75, 3.05) is 26.2 Å². The molecule has 25 heavy (non-hydrogen) atoms. The Labute approximate surface area is 166 Å². The Balaban J connectivity index is 0.00000312. The Kier molecular flexibility index (Phi) is 11.4. The van der Waals surface area contributed by atoms with Crippen LogP contribution in [0, 0.1) is 0 Å². The number of benzene rings is 1. The summed E-state index contributed by atoms with van der Waals surface area (Å²) < 4.78 is 7.64. The van der Waals surface area contributed by atoms with Crippen molar-refractivity contribution in [3.8, 4) is 5.75 Å². The molecule has 0 radical (unpaired) electrons. The van der Waals surface area contributed by atoms with Crippen LogP contribution in [0.3, 0.4) is 0 Å². The van der Waals surface area contributed by atoms with Crippen molar-refractivity contribution >= 4 is 29.9 Å². The van der Waals surface area contributed by atoms with E-state index in [0.29, 0.717) is 13.2 Å². The van der Waals surface area contributed by atoms with Crippen molar-refractivity contribution in [2.45, 2.75) is 26.3 Å². The number of para-hydroxylation sites is 1. The number of halogens is 1. The van der Waals surface area contributed by atoms with E-state index in [-0.39, 0.29) is 24.0 Å². The Morgan fingerprint density at radius 2 is 1.88 bits per heavy atom. The number of rotatable bonds is 10. The quantitative estimate of drug-likeness (QED) is 0.247. The molecule has 1 heterocycles. The highest BCUT2D eigenvalue weighted by Crippen LogP contribution is 2.07. The molecule has 0 aliphatic heterocycles. The maximum absolute atomic E-state index is 5.66. The zero-order valence-corrected chi connectivity index (χ0v) is 16.9. The summed E-state index contributed by atoms with van der Waals surface area (Å²) in [6.07, 6.45) is 5.55. The Morgan fingerprint density at radius 3 is 2.60 bits per heavy atom. The molecule has 138 valence electrons. The second-order valence-corrected chi connectivity index (χ2v) is 5.26. The van der Waals surface area contributed by atoms with Crippen LogP contribution in [0.2, 0.25) is 0 Å². The third kappa shape index (κ3) is 9.28. The number of hydrogen-bond donors (Lipinski definition) is 2. The molecule has 0 amide bonds. The van der Waals surface area contributed by atoms with Crippen LogP contribution >= 0.6 is 24.0 Å². The predicted octanol–water partition coefficient (Wildman–Crippen LogP) is 2.31. The molecule has 1 aromatic carbocycles. The van der Waals surface area contributed by atoms with Crippen molar-refractivity contribution in [3.63, 3.8) is 0 Å². The first-order valence-electron chi connectivity index (χ1n) is 8.41. The van der Waals surface area contributed by atoms with Gasteiger partial charge in [-0.05, 0) is 31.9 Å². The normalized spacial score (nSPS) is 10.8. The van der Waals surface area contributed by atoms with Gasteiger partial charge in [-0.1, -0.05) is 18.2 Å². The van der Waals surface area contributed by atoms with Crippen molar-refractivity contribution in [3.05, 3.63) is 43.0 Å². The summed E-state index contributed by atoms with van der Waals surface area (Å²) in [5, 5.41) is 14.1. The first-order valence-corrected chi connectivity index (χ1v) is 8.41. The molecule has 0 spiro atoms. The van der Waals surface area contributed by atoms with E-state index in [2.05, 4.69) is 32.7 Å². The van der Waals surface area contributed by atoms with E-state index in [1.807, 2.05) is 34.9 Å². The zero-order chi connectivity index (χ0) is 16.9. The number of aromatic nitrogens is 3. The lowest BCUT2D eigenvalue weighted by Gasteiger charge is -2.12. The third-order valence-corrected chi connectivity index (χ3v) is 3.31. The number of guanidine groups is 1. The summed E-state index contributed by atoms with van der Waals surface area (Å²) in [5.74, 6) is 1.72. The molecule has 0 aliphatic rings. The molecule has 0 saturated heterocycles. The van der Waals surface area contributed by atoms with E-state index in [1.54, 1.807) is 12.7 Å². The molecule has 2 rings (SSSR count). The second kappa shape index (κ2) is 13.5. The summed E-state index contributed by atoms with van der Waals surface area (Å²) in [5.41, 5.74) is 0. The Bertz CT molecular complexity index is 576. The van der Waals surface area contributed by atoms with E-state index < -0.39 is 0 Å². The summed E-state index contributed by atoms with van der Waals surface area (Å²) in [6, 6.07) is 9.82. The maximum atomic E-state index is 5.66. The molecule has 0 atom stereocenters. The highest BCUT2D eigenvalue weighted by molar-refractivity contribution is 14.0. The van der Waals surface area contributed by atoms with Gasteiger partial charge in [0.1, 0.15) is 25.0 Å². The van der Waals surface area contributed by atoms with Crippen molar-refractivity contribution < 1.29 is 4.74 Å². The molecule has 0 bridgehead atoms. The molecular weight excluding hydrogens is 431 g/mol. The smallest absolute Gasteiger partial charge is 0.191 e. The van der Waals surface area contributed by atoms with Crippen molar-refractivity contribution in [1.29, 1.82) is 0 Å². The van der Waals surface area contributed by atoms with Gasteiger partial charge in [-0.25, -0.2) is 0 Å². The minimum absolute atomic E-state index is 0. The minimum Gasteiger partial charge on any atom is -0.492 e. The van der Waals surface area contributed by atoms with Crippen LogP contribution in [0.5, 0.6) is 5.75 Å². The predicted molar refractivity (Wildman–Crippen MR) is 111 cm³/mol. The van der Waals surface area contributed by atoms with Crippen molar-refractivity contribution in [1.82, 2.24) is 25.4 Å². The topological polar surface area (TPSA) is 76.4 Å². The number of aryl methyl sites for hydroxylation is 1. The average Bonchev–Trinajstić information content (AvgIpc) is 3.12. The van der Waals surface area contributed by atoms with Gasteiger partial charge in [0.25, 0.3) is 0 Å². The zero-order valence-electron chi connectivity index (χ0n) is 14.6. The van der Waals surface area contributed by atoms with Gasteiger partial charge in [0, 0.05) is 19.6 Å². The number of ether oxygens (including phenoxy) is 1. The van der Waals surface area contributed by atoms with Gasteiger partial charge < -0.3 is 19.9 Å². The van der Waals surface area contributed by atoms with Crippen LogP contribution in [-0.2, 0) is 6.54 Å². The fraction of sp³-hybridized carbons (Fsp3) is 0.471.